The van der Waals surface area contributed by atoms with Gasteiger partial charge in [0.2, 0.25) is 0 Å². The number of sulfonamides is 1. The molecule has 0 saturated carbocycles. The summed E-state index contributed by atoms with van der Waals surface area (Å²) in [6, 6.07) is 4.03. The van der Waals surface area contributed by atoms with E-state index in [9.17, 15) is 12.8 Å². The van der Waals surface area contributed by atoms with Crippen molar-refractivity contribution in [2.45, 2.75) is 18.6 Å². The Morgan fingerprint density at radius 3 is 2.68 bits per heavy atom. The second-order valence-corrected chi connectivity index (χ2v) is 6.03. The number of nitrogens with two attached hydrogens (primary N) is 1. The van der Waals surface area contributed by atoms with E-state index in [0.29, 0.717) is 10.0 Å². The lowest BCUT2D eigenvalue weighted by Gasteiger charge is -2.07. The molecule has 2 rings (SSSR count). The summed E-state index contributed by atoms with van der Waals surface area (Å²) in [5, 5.41) is 12.1. The maximum Gasteiger partial charge on any atom is 0.273 e. The van der Waals surface area contributed by atoms with Gasteiger partial charge in [-0.25, -0.2) is 17.9 Å². The van der Waals surface area contributed by atoms with E-state index in [1.807, 2.05) is 0 Å². The minimum atomic E-state index is -3.98. The highest BCUT2D eigenvalue weighted by Crippen LogP contribution is 2.28. The predicted molar refractivity (Wildman–Crippen MR) is 70.2 cm³/mol. The first-order valence-corrected chi connectivity index (χ1v) is 7.60. The van der Waals surface area contributed by atoms with E-state index in [0.717, 1.165) is 0 Å². The van der Waals surface area contributed by atoms with Crippen LogP contribution in [0.25, 0.3) is 11.4 Å². The summed E-state index contributed by atoms with van der Waals surface area (Å²) in [5.41, 5.74) is 0.407. The quantitative estimate of drug-likeness (QED) is 0.910. The molecule has 9 heteroatoms. The number of primary sulfonamides is 1. The molecule has 0 bridgehead atoms. The molecular formula is C10H10BrFN4O2S. The van der Waals surface area contributed by atoms with Gasteiger partial charge in [-0.05, 0) is 25.1 Å². The highest BCUT2D eigenvalue weighted by molar-refractivity contribution is 9.10. The smallest absolute Gasteiger partial charge is 0.273 e. The molecule has 0 aliphatic carbocycles. The summed E-state index contributed by atoms with van der Waals surface area (Å²) < 4.78 is 37.9. The maximum absolute atomic E-state index is 13.3. The zero-order valence-electron chi connectivity index (χ0n) is 9.84. The third-order valence-electron chi connectivity index (χ3n) is 2.46. The van der Waals surface area contributed by atoms with Gasteiger partial charge in [0.25, 0.3) is 15.2 Å². The van der Waals surface area contributed by atoms with Crippen LogP contribution in [0, 0.1) is 5.82 Å². The van der Waals surface area contributed by atoms with Crippen molar-refractivity contribution in [3.8, 4) is 11.4 Å². The van der Waals surface area contributed by atoms with Crippen LogP contribution in [0.2, 0.25) is 0 Å². The van der Waals surface area contributed by atoms with Crippen LogP contribution in [-0.4, -0.2) is 23.2 Å². The molecule has 1 heterocycles. The van der Waals surface area contributed by atoms with Crippen molar-refractivity contribution in [1.82, 2.24) is 14.8 Å². The molecule has 102 valence electrons. The number of halogens is 2. The van der Waals surface area contributed by atoms with Crippen LogP contribution in [0.1, 0.15) is 6.92 Å². The Labute approximate surface area is 117 Å². The molecule has 0 radical (unpaired) electrons. The molecule has 0 atom stereocenters. The summed E-state index contributed by atoms with van der Waals surface area (Å²) in [6.45, 7) is 2.01. The molecular weight excluding hydrogens is 339 g/mol. The average molecular weight is 349 g/mol. The summed E-state index contributed by atoms with van der Waals surface area (Å²) in [4.78, 5) is 0. The van der Waals surface area contributed by atoms with Gasteiger partial charge in [-0.15, -0.1) is 10.2 Å². The Kier molecular flexibility index (Phi) is 3.70. The van der Waals surface area contributed by atoms with Gasteiger partial charge >= 0.3 is 0 Å². The summed E-state index contributed by atoms with van der Waals surface area (Å²) in [6.07, 6.45) is 0. The van der Waals surface area contributed by atoms with Crippen molar-refractivity contribution in [2.75, 3.05) is 0 Å². The Hall–Kier alpha value is -1.32. The van der Waals surface area contributed by atoms with Crippen molar-refractivity contribution in [3.05, 3.63) is 28.5 Å². The molecule has 0 aliphatic heterocycles. The van der Waals surface area contributed by atoms with Crippen LogP contribution in [0.3, 0.4) is 0 Å². The van der Waals surface area contributed by atoms with Crippen LogP contribution in [0.15, 0.2) is 27.8 Å². The van der Waals surface area contributed by atoms with Gasteiger partial charge in [0.15, 0.2) is 5.82 Å². The molecule has 6 nitrogen and oxygen atoms in total. The first-order chi connectivity index (χ1) is 8.84. The van der Waals surface area contributed by atoms with E-state index in [-0.39, 0.29) is 17.5 Å². The SMILES string of the molecule is CCn1c(-c2cc(F)ccc2Br)nnc1S(N)(=O)=O. The Bertz CT molecular complexity index is 729. The van der Waals surface area contributed by atoms with E-state index >= 15 is 0 Å². The number of nitrogens with zero attached hydrogens (tertiary/aromatic N) is 3. The zero-order valence-corrected chi connectivity index (χ0v) is 12.2. The van der Waals surface area contributed by atoms with Crippen LogP contribution in [-0.2, 0) is 16.6 Å². The molecule has 19 heavy (non-hydrogen) atoms. The lowest BCUT2D eigenvalue weighted by Crippen LogP contribution is -2.18. The first-order valence-electron chi connectivity index (χ1n) is 5.26. The fraction of sp³-hybridized carbons (Fsp3) is 0.200. The van der Waals surface area contributed by atoms with Crippen molar-refractivity contribution in [2.24, 2.45) is 5.14 Å². The van der Waals surface area contributed by atoms with Crippen molar-refractivity contribution in [1.29, 1.82) is 0 Å². The summed E-state index contributed by atoms with van der Waals surface area (Å²) in [7, 11) is -3.98. The van der Waals surface area contributed by atoms with Gasteiger partial charge in [-0.3, -0.25) is 4.57 Å². The van der Waals surface area contributed by atoms with Crippen molar-refractivity contribution >= 4 is 26.0 Å². The van der Waals surface area contributed by atoms with Gasteiger partial charge in [-0.1, -0.05) is 15.9 Å². The first kappa shape index (κ1) is 14.1. The number of hydrogen-bond acceptors (Lipinski definition) is 4. The maximum atomic E-state index is 13.3. The number of hydrogen-bond donors (Lipinski definition) is 1. The van der Waals surface area contributed by atoms with Gasteiger partial charge in [0.1, 0.15) is 5.82 Å². The minimum Gasteiger partial charge on any atom is -0.297 e. The molecule has 0 unspecified atom stereocenters. The molecule has 0 aliphatic rings. The van der Waals surface area contributed by atoms with Crippen LogP contribution in [0.5, 0.6) is 0 Å². The number of benzene rings is 1. The number of aromatic nitrogens is 3. The zero-order chi connectivity index (χ0) is 14.2. The Balaban J connectivity index is 2.70. The highest BCUT2D eigenvalue weighted by atomic mass is 79.9. The normalized spacial score (nSPS) is 11.8. The second-order valence-electron chi connectivity index (χ2n) is 3.72. The molecule has 0 amide bonds. The third kappa shape index (κ3) is 2.67. The molecule has 1 aromatic carbocycles. The summed E-state index contributed by atoms with van der Waals surface area (Å²) >= 11 is 3.26. The Morgan fingerprint density at radius 2 is 2.11 bits per heavy atom. The van der Waals surface area contributed by atoms with E-state index in [4.69, 9.17) is 5.14 Å². The minimum absolute atomic E-state index is 0.234. The van der Waals surface area contributed by atoms with E-state index in [1.165, 1.54) is 22.8 Å². The monoisotopic (exact) mass is 348 g/mol. The van der Waals surface area contributed by atoms with Crippen LogP contribution in [0.4, 0.5) is 4.39 Å². The lowest BCUT2D eigenvalue weighted by molar-refractivity contribution is 0.570. The fourth-order valence-corrected chi connectivity index (χ4v) is 2.75. The van der Waals surface area contributed by atoms with Gasteiger partial charge in [0.05, 0.1) is 0 Å². The van der Waals surface area contributed by atoms with Crippen LogP contribution >= 0.6 is 15.9 Å². The highest BCUT2D eigenvalue weighted by Gasteiger charge is 2.22. The predicted octanol–water partition coefficient (Wildman–Crippen LogP) is 1.51. The fourth-order valence-electron chi connectivity index (χ4n) is 1.65. The largest absolute Gasteiger partial charge is 0.297 e. The molecule has 2 aromatic rings. The van der Waals surface area contributed by atoms with Gasteiger partial charge in [0, 0.05) is 16.6 Å². The standard InChI is InChI=1S/C10H10BrFN4O2S/c1-2-16-9(14-15-10(16)19(13,17)18)7-5-6(12)3-4-8(7)11/h3-5H,2H2,1H3,(H2,13,17,18). The second kappa shape index (κ2) is 4.99. The van der Waals surface area contributed by atoms with Crippen molar-refractivity contribution < 1.29 is 12.8 Å². The molecule has 0 spiro atoms. The molecule has 0 saturated heterocycles. The van der Waals surface area contributed by atoms with E-state index < -0.39 is 15.8 Å². The Morgan fingerprint density at radius 1 is 1.42 bits per heavy atom. The molecule has 1 aromatic heterocycles. The lowest BCUT2D eigenvalue weighted by atomic mass is 10.2. The van der Waals surface area contributed by atoms with Crippen molar-refractivity contribution in [3.63, 3.8) is 0 Å². The number of rotatable bonds is 3. The van der Waals surface area contributed by atoms with E-state index in [2.05, 4.69) is 26.1 Å². The topological polar surface area (TPSA) is 90.9 Å². The van der Waals surface area contributed by atoms with Gasteiger partial charge in [-0.2, -0.15) is 0 Å². The third-order valence-corrected chi connectivity index (χ3v) is 3.96. The van der Waals surface area contributed by atoms with Gasteiger partial charge < -0.3 is 0 Å². The summed E-state index contributed by atoms with van der Waals surface area (Å²) in [5.74, 6) is -0.223. The molecule has 2 N–H and O–H groups in total. The average Bonchev–Trinajstić information content (AvgIpc) is 2.75. The van der Waals surface area contributed by atoms with E-state index in [1.54, 1.807) is 6.92 Å². The van der Waals surface area contributed by atoms with Crippen LogP contribution < -0.4 is 5.14 Å². The molecule has 0 fully saturated rings.